The zero-order valence-electron chi connectivity index (χ0n) is 16.6. The molecule has 6 heteroatoms. The number of Topliss-reactive ketones (excluding diaryl/α,β-unsaturated/α-hetero) is 1. The maximum absolute atomic E-state index is 13.2. The van der Waals surface area contributed by atoms with Crippen LogP contribution in [0, 0.1) is 11.6 Å². The van der Waals surface area contributed by atoms with Gasteiger partial charge in [-0.05, 0) is 80.6 Å². The number of methoxy groups -OCH3 is 1. The number of rotatable bonds is 8. The minimum absolute atomic E-state index is 0. The van der Waals surface area contributed by atoms with E-state index >= 15 is 0 Å². The Balaban J connectivity index is 0.00000300. The van der Waals surface area contributed by atoms with Gasteiger partial charge in [-0.25, -0.2) is 8.78 Å². The lowest BCUT2D eigenvalue weighted by Gasteiger charge is -2.40. The van der Waals surface area contributed by atoms with Crippen molar-refractivity contribution in [3.63, 3.8) is 0 Å². The van der Waals surface area contributed by atoms with Crippen molar-refractivity contribution >= 4 is 18.2 Å². The largest absolute Gasteiger partial charge is 0.374 e. The van der Waals surface area contributed by atoms with Crippen molar-refractivity contribution in [3.8, 4) is 0 Å². The van der Waals surface area contributed by atoms with Gasteiger partial charge in [0, 0.05) is 25.1 Å². The molecule has 0 aromatic heterocycles. The summed E-state index contributed by atoms with van der Waals surface area (Å²) in [4.78, 5) is 12.1. The molecule has 1 aliphatic carbocycles. The number of hydrogen-bond acceptors (Lipinski definition) is 3. The molecule has 0 aliphatic heterocycles. The molecule has 1 aliphatic rings. The molecular formula is C23H28ClF2NO2. The highest BCUT2D eigenvalue weighted by atomic mass is 35.5. The number of hydrogen-bond donors (Lipinski definition) is 1. The maximum Gasteiger partial charge on any atom is 0.162 e. The Morgan fingerprint density at radius 1 is 1.03 bits per heavy atom. The highest BCUT2D eigenvalue weighted by Crippen LogP contribution is 2.40. The molecule has 2 aromatic rings. The van der Waals surface area contributed by atoms with Crippen molar-refractivity contribution < 1.29 is 18.3 Å². The lowest BCUT2D eigenvalue weighted by Crippen LogP contribution is -2.41. The first-order chi connectivity index (χ1) is 13.5. The smallest absolute Gasteiger partial charge is 0.162 e. The molecular weight excluding hydrogens is 396 g/mol. The summed E-state index contributed by atoms with van der Waals surface area (Å²) in [6.07, 6.45) is 4.89. The number of nitrogens with one attached hydrogen (secondary N) is 1. The molecule has 0 unspecified atom stereocenters. The lowest BCUT2D eigenvalue weighted by atomic mass is 9.77. The highest BCUT2D eigenvalue weighted by Gasteiger charge is 2.36. The molecule has 3 rings (SSSR count). The van der Waals surface area contributed by atoms with Crippen LogP contribution in [-0.4, -0.2) is 25.5 Å². The van der Waals surface area contributed by atoms with Crippen molar-refractivity contribution in [2.75, 3.05) is 13.7 Å². The van der Waals surface area contributed by atoms with Crippen LogP contribution in [0.4, 0.5) is 8.78 Å². The van der Waals surface area contributed by atoms with E-state index in [0.717, 1.165) is 44.2 Å². The van der Waals surface area contributed by atoms with Crippen LogP contribution in [-0.2, 0) is 10.3 Å². The van der Waals surface area contributed by atoms with Crippen LogP contribution in [0.25, 0.3) is 0 Å². The number of carbonyl (C=O) groups excluding carboxylic acids is 1. The fraction of sp³-hybridized carbons (Fsp3) is 0.435. The van der Waals surface area contributed by atoms with Gasteiger partial charge in [-0.2, -0.15) is 0 Å². The van der Waals surface area contributed by atoms with Crippen molar-refractivity contribution in [1.82, 2.24) is 5.32 Å². The number of carbonyl (C=O) groups is 1. The maximum atomic E-state index is 13.2. The topological polar surface area (TPSA) is 38.3 Å². The van der Waals surface area contributed by atoms with E-state index in [1.807, 2.05) is 12.1 Å². The lowest BCUT2D eigenvalue weighted by molar-refractivity contribution is -0.0500. The Morgan fingerprint density at radius 2 is 1.59 bits per heavy atom. The van der Waals surface area contributed by atoms with E-state index in [0.29, 0.717) is 18.0 Å². The molecule has 0 bridgehead atoms. The Kier molecular flexibility index (Phi) is 8.75. The first-order valence-electron chi connectivity index (χ1n) is 9.86. The predicted octanol–water partition coefficient (Wildman–Crippen LogP) is 5.42. The van der Waals surface area contributed by atoms with E-state index in [1.165, 1.54) is 36.4 Å². The molecule has 0 spiro atoms. The third kappa shape index (κ3) is 6.08. The summed E-state index contributed by atoms with van der Waals surface area (Å²) in [6, 6.07) is 12.7. The number of halogens is 3. The van der Waals surface area contributed by atoms with Crippen LogP contribution in [0.5, 0.6) is 0 Å². The van der Waals surface area contributed by atoms with Crippen LogP contribution in [0.3, 0.4) is 0 Å². The van der Waals surface area contributed by atoms with Crippen molar-refractivity contribution in [3.05, 3.63) is 71.3 Å². The van der Waals surface area contributed by atoms with Crippen molar-refractivity contribution in [2.24, 2.45) is 0 Å². The number of ether oxygens (including phenoxy) is 1. The summed E-state index contributed by atoms with van der Waals surface area (Å²) in [5, 5.41) is 3.53. The molecule has 0 radical (unpaired) electrons. The molecule has 0 heterocycles. The standard InChI is InChI=1S/C23H27F2NO2.ClH/c1-28-23(18-6-10-20(25)11-7-18)14-12-21(13-15-23)26-16-2-3-22(27)17-4-8-19(24)9-5-17;/h4-11,21,26H,2-3,12-16H2,1H3;1H. The van der Waals surface area contributed by atoms with E-state index in [2.05, 4.69) is 5.32 Å². The molecule has 1 fully saturated rings. The summed E-state index contributed by atoms with van der Waals surface area (Å²) in [6.45, 7) is 0.772. The first-order valence-corrected chi connectivity index (χ1v) is 9.86. The highest BCUT2D eigenvalue weighted by molar-refractivity contribution is 5.95. The molecule has 0 saturated heterocycles. The fourth-order valence-electron chi connectivity index (χ4n) is 3.99. The molecule has 1 N–H and O–H groups in total. The summed E-state index contributed by atoms with van der Waals surface area (Å²) >= 11 is 0. The monoisotopic (exact) mass is 423 g/mol. The van der Waals surface area contributed by atoms with Gasteiger partial charge in [0.25, 0.3) is 0 Å². The van der Waals surface area contributed by atoms with E-state index < -0.39 is 0 Å². The molecule has 0 amide bonds. The van der Waals surface area contributed by atoms with Gasteiger partial charge < -0.3 is 10.1 Å². The van der Waals surface area contributed by atoms with Gasteiger partial charge in [0.2, 0.25) is 0 Å². The molecule has 29 heavy (non-hydrogen) atoms. The zero-order valence-corrected chi connectivity index (χ0v) is 17.4. The van der Waals surface area contributed by atoms with Crippen molar-refractivity contribution in [1.29, 1.82) is 0 Å². The summed E-state index contributed by atoms with van der Waals surface area (Å²) in [7, 11) is 1.72. The Labute approximate surface area is 177 Å². The second kappa shape index (κ2) is 10.8. The zero-order chi connectivity index (χ0) is 20.0. The summed E-state index contributed by atoms with van der Waals surface area (Å²) < 4.78 is 32.0. The number of benzene rings is 2. The second-order valence-electron chi connectivity index (χ2n) is 7.47. The summed E-state index contributed by atoms with van der Waals surface area (Å²) in [5.74, 6) is -0.524. The third-order valence-electron chi connectivity index (χ3n) is 5.73. The molecule has 158 valence electrons. The summed E-state index contributed by atoms with van der Waals surface area (Å²) in [5.41, 5.74) is 1.24. The molecule has 1 saturated carbocycles. The van der Waals surface area contributed by atoms with E-state index in [4.69, 9.17) is 4.74 Å². The molecule has 0 atom stereocenters. The predicted molar refractivity (Wildman–Crippen MR) is 113 cm³/mol. The molecule has 2 aromatic carbocycles. The Hall–Kier alpha value is -1.82. The van der Waals surface area contributed by atoms with E-state index in [1.54, 1.807) is 7.11 Å². The SMILES string of the molecule is COC1(c2ccc(F)cc2)CCC(NCCCC(=O)c2ccc(F)cc2)CC1.Cl. The minimum atomic E-state index is -0.343. The Morgan fingerprint density at radius 3 is 2.14 bits per heavy atom. The third-order valence-corrected chi connectivity index (χ3v) is 5.73. The van der Waals surface area contributed by atoms with Crippen LogP contribution in [0.2, 0.25) is 0 Å². The minimum Gasteiger partial charge on any atom is -0.374 e. The van der Waals surface area contributed by atoms with Gasteiger partial charge in [-0.15, -0.1) is 12.4 Å². The number of ketones is 1. The quantitative estimate of drug-likeness (QED) is 0.455. The van der Waals surface area contributed by atoms with Crippen LogP contribution >= 0.6 is 12.4 Å². The van der Waals surface area contributed by atoms with Gasteiger partial charge in [0.15, 0.2) is 5.78 Å². The van der Waals surface area contributed by atoms with Gasteiger partial charge in [-0.3, -0.25) is 4.79 Å². The van der Waals surface area contributed by atoms with Gasteiger partial charge >= 0.3 is 0 Å². The van der Waals surface area contributed by atoms with Crippen LogP contribution in [0.1, 0.15) is 54.4 Å². The van der Waals surface area contributed by atoms with Crippen LogP contribution < -0.4 is 5.32 Å². The first kappa shape index (κ1) is 23.5. The van der Waals surface area contributed by atoms with Gasteiger partial charge in [-0.1, -0.05) is 12.1 Å². The van der Waals surface area contributed by atoms with Gasteiger partial charge in [0.1, 0.15) is 11.6 Å². The normalized spacial score (nSPS) is 21.4. The average Bonchev–Trinajstić information content (AvgIpc) is 2.72. The second-order valence-corrected chi connectivity index (χ2v) is 7.47. The Bertz CT molecular complexity index is 772. The average molecular weight is 424 g/mol. The van der Waals surface area contributed by atoms with Gasteiger partial charge in [0.05, 0.1) is 5.60 Å². The van der Waals surface area contributed by atoms with E-state index in [-0.39, 0.29) is 35.4 Å². The van der Waals surface area contributed by atoms with Crippen molar-refractivity contribution in [2.45, 2.75) is 50.2 Å². The van der Waals surface area contributed by atoms with E-state index in [9.17, 15) is 13.6 Å². The molecule has 3 nitrogen and oxygen atoms in total. The fourth-order valence-corrected chi connectivity index (χ4v) is 3.99. The van der Waals surface area contributed by atoms with Crippen LogP contribution in [0.15, 0.2) is 48.5 Å².